The highest BCUT2D eigenvalue weighted by atomic mass is 28.2. The van der Waals surface area contributed by atoms with E-state index < -0.39 is 0 Å². The molecule has 0 fully saturated rings. The van der Waals surface area contributed by atoms with Crippen molar-refractivity contribution in [2.24, 2.45) is 0 Å². The summed E-state index contributed by atoms with van der Waals surface area (Å²) in [5.41, 5.74) is 0. The molecule has 50 valence electrons. The van der Waals surface area contributed by atoms with Crippen molar-refractivity contribution in [3.05, 3.63) is 0 Å². The summed E-state index contributed by atoms with van der Waals surface area (Å²) in [7, 11) is 4.88. The van der Waals surface area contributed by atoms with Crippen LogP contribution in [0.15, 0.2) is 0 Å². The van der Waals surface area contributed by atoms with E-state index in [1.165, 1.54) is 17.2 Å². The Morgan fingerprint density at radius 2 is 1.88 bits per heavy atom. The molecule has 0 atom stereocenters. The molecule has 0 rings (SSSR count). The van der Waals surface area contributed by atoms with Gasteiger partial charge in [0.05, 0.1) is 36.3 Å². The smallest absolute Gasteiger partial charge is 0.0847 e. The third-order valence-electron chi connectivity index (χ3n) is 1.68. The Hall–Kier alpha value is 0.177. The predicted molar refractivity (Wildman–Crippen MR) is 41.9 cm³/mol. The minimum Gasteiger partial charge on any atom is -0.333 e. The fourth-order valence-electron chi connectivity index (χ4n) is 0.763. The highest BCUT2D eigenvalue weighted by molar-refractivity contribution is 6.33. The molecule has 0 saturated heterocycles. The van der Waals surface area contributed by atoms with Crippen molar-refractivity contribution in [1.82, 2.24) is 0 Å². The van der Waals surface area contributed by atoms with Crippen LogP contribution in [0.5, 0.6) is 0 Å². The Labute approximate surface area is 55.1 Å². The summed E-state index contributed by atoms with van der Waals surface area (Å²) in [5.74, 6) is 0. The van der Waals surface area contributed by atoms with Gasteiger partial charge in [-0.2, -0.15) is 0 Å². The summed E-state index contributed by atoms with van der Waals surface area (Å²) in [6, 6.07) is 0. The zero-order valence-corrected chi connectivity index (χ0v) is 7.98. The highest BCUT2D eigenvalue weighted by Crippen LogP contribution is 1.91. The molecule has 2 heteroatoms. The Balaban J connectivity index is 3.37. The van der Waals surface area contributed by atoms with Gasteiger partial charge in [-0.1, -0.05) is 6.55 Å². The van der Waals surface area contributed by atoms with Gasteiger partial charge in [0.2, 0.25) is 0 Å². The fourth-order valence-corrected chi connectivity index (χ4v) is 2.29. The van der Waals surface area contributed by atoms with Crippen molar-refractivity contribution in [2.45, 2.75) is 13.5 Å². The topological polar surface area (TPSA) is 0 Å². The quantitative estimate of drug-likeness (QED) is 0.382. The lowest BCUT2D eigenvalue weighted by atomic mass is 10.6. The number of quaternary nitrogens is 1. The minimum absolute atomic E-state index is 0.271. The van der Waals surface area contributed by atoms with Crippen molar-refractivity contribution < 1.29 is 4.48 Å². The van der Waals surface area contributed by atoms with Crippen LogP contribution >= 0.6 is 0 Å². The van der Waals surface area contributed by atoms with E-state index >= 15 is 0 Å². The second-order valence-electron chi connectivity index (χ2n) is 2.98. The SMILES string of the molecule is CC[N+](C)(C)C[SiH2]C. The summed E-state index contributed by atoms with van der Waals surface area (Å²) < 4.78 is 1.22. The largest absolute Gasteiger partial charge is 0.333 e. The van der Waals surface area contributed by atoms with Gasteiger partial charge in [-0.3, -0.25) is 0 Å². The molecule has 0 heterocycles. The molecule has 0 amide bonds. The van der Waals surface area contributed by atoms with E-state index in [4.69, 9.17) is 0 Å². The molecule has 0 bridgehead atoms. The van der Waals surface area contributed by atoms with E-state index in [1.54, 1.807) is 0 Å². The summed E-state index contributed by atoms with van der Waals surface area (Å²) in [5, 5.41) is 0. The van der Waals surface area contributed by atoms with E-state index in [0.717, 1.165) is 0 Å². The maximum absolute atomic E-state index is 2.37. The average molecular weight is 132 g/mol. The molecule has 0 spiro atoms. The molecule has 0 aliphatic heterocycles. The molecule has 0 aromatic rings. The number of nitrogens with zero attached hydrogens (tertiary/aromatic N) is 1. The van der Waals surface area contributed by atoms with Gasteiger partial charge in [-0.25, -0.2) is 0 Å². The van der Waals surface area contributed by atoms with Crippen LogP contribution in [0.2, 0.25) is 6.55 Å². The van der Waals surface area contributed by atoms with Crippen LogP contribution < -0.4 is 0 Å². The molecule has 8 heavy (non-hydrogen) atoms. The lowest BCUT2D eigenvalue weighted by molar-refractivity contribution is -0.877. The van der Waals surface area contributed by atoms with E-state index in [2.05, 4.69) is 27.6 Å². The van der Waals surface area contributed by atoms with Crippen LogP contribution in [0.1, 0.15) is 6.92 Å². The Morgan fingerprint density at radius 1 is 1.38 bits per heavy atom. The Bertz CT molecular complexity index is 61.5. The molecule has 0 N–H and O–H groups in total. The fraction of sp³-hybridized carbons (Fsp3) is 1.00. The van der Waals surface area contributed by atoms with Crippen LogP contribution in [0.4, 0.5) is 0 Å². The van der Waals surface area contributed by atoms with Crippen molar-refractivity contribution in [3.8, 4) is 0 Å². The third kappa shape index (κ3) is 3.21. The second kappa shape index (κ2) is 3.25. The summed E-state index contributed by atoms with van der Waals surface area (Å²) in [6.45, 7) is 5.90. The first kappa shape index (κ1) is 8.18. The van der Waals surface area contributed by atoms with Gasteiger partial charge in [0.25, 0.3) is 0 Å². The molecule has 0 saturated carbocycles. The molecule has 0 aromatic carbocycles. The van der Waals surface area contributed by atoms with E-state index in [1.807, 2.05) is 0 Å². The molecule has 0 aromatic heterocycles. The maximum atomic E-state index is 2.37. The van der Waals surface area contributed by atoms with Gasteiger partial charge in [-0.05, 0) is 6.92 Å². The van der Waals surface area contributed by atoms with E-state index in [9.17, 15) is 0 Å². The molecule has 0 aliphatic carbocycles. The van der Waals surface area contributed by atoms with Gasteiger partial charge in [-0.15, -0.1) is 0 Å². The van der Waals surface area contributed by atoms with Crippen molar-refractivity contribution in [1.29, 1.82) is 0 Å². The van der Waals surface area contributed by atoms with Gasteiger partial charge in [0.15, 0.2) is 0 Å². The molecule has 0 unspecified atom stereocenters. The van der Waals surface area contributed by atoms with Gasteiger partial charge in [0.1, 0.15) is 0 Å². The van der Waals surface area contributed by atoms with Crippen LogP contribution in [0.25, 0.3) is 0 Å². The zero-order valence-electron chi connectivity index (χ0n) is 6.57. The predicted octanol–water partition coefficient (Wildman–Crippen LogP) is 0.257. The van der Waals surface area contributed by atoms with Gasteiger partial charge < -0.3 is 4.48 Å². The van der Waals surface area contributed by atoms with Crippen molar-refractivity contribution >= 4 is 9.52 Å². The van der Waals surface area contributed by atoms with Crippen LogP contribution in [0, 0.1) is 0 Å². The summed E-state index contributed by atoms with van der Waals surface area (Å²) in [4.78, 5) is 0. The molecule has 0 aliphatic rings. The molecular weight excluding hydrogens is 114 g/mol. The minimum atomic E-state index is 0.271. The van der Waals surface area contributed by atoms with Gasteiger partial charge in [0, 0.05) is 0 Å². The number of hydrogen-bond acceptors (Lipinski definition) is 0. The third-order valence-corrected chi connectivity index (χ3v) is 3.34. The van der Waals surface area contributed by atoms with Gasteiger partial charge >= 0.3 is 0 Å². The first-order chi connectivity index (χ1) is 3.62. The lowest BCUT2D eigenvalue weighted by Crippen LogP contribution is -2.41. The van der Waals surface area contributed by atoms with Crippen LogP contribution in [-0.2, 0) is 0 Å². The first-order valence-electron chi connectivity index (χ1n) is 3.44. The normalized spacial score (nSPS) is 13.5. The zero-order chi connectivity index (χ0) is 6.62. The molecule has 0 radical (unpaired) electrons. The first-order valence-corrected chi connectivity index (χ1v) is 5.86. The van der Waals surface area contributed by atoms with Crippen LogP contribution in [0.3, 0.4) is 0 Å². The highest BCUT2D eigenvalue weighted by Gasteiger charge is 2.07. The average Bonchev–Trinajstić information content (AvgIpc) is 1.67. The summed E-state index contributed by atoms with van der Waals surface area (Å²) >= 11 is 0. The van der Waals surface area contributed by atoms with Crippen molar-refractivity contribution in [3.63, 3.8) is 0 Å². The van der Waals surface area contributed by atoms with E-state index in [-0.39, 0.29) is 9.52 Å². The summed E-state index contributed by atoms with van der Waals surface area (Å²) in [6.07, 6.45) is 1.44. The number of hydrogen-bond donors (Lipinski definition) is 0. The Kier molecular flexibility index (Phi) is 3.32. The van der Waals surface area contributed by atoms with Crippen molar-refractivity contribution in [2.75, 3.05) is 26.8 Å². The molecule has 1 nitrogen and oxygen atoms in total. The monoisotopic (exact) mass is 132 g/mol. The standard InChI is InChI=1S/C6H18NSi/c1-5-7(2,3)6-8-4/h5-6,8H2,1-4H3/q+1. The maximum Gasteiger partial charge on any atom is 0.0847 e. The number of rotatable bonds is 3. The van der Waals surface area contributed by atoms with Crippen LogP contribution in [-0.4, -0.2) is 40.8 Å². The van der Waals surface area contributed by atoms with E-state index in [0.29, 0.717) is 0 Å². The second-order valence-corrected chi connectivity index (χ2v) is 4.42. The molecular formula is C6H18NSi+. The Morgan fingerprint density at radius 3 is 2.00 bits per heavy atom. The lowest BCUT2D eigenvalue weighted by Gasteiger charge is -2.27.